The highest BCUT2D eigenvalue weighted by atomic mass is 35.5. The maximum atomic E-state index is 12.9. The summed E-state index contributed by atoms with van der Waals surface area (Å²) >= 11 is 13.2. The molecule has 2 aromatic carbocycles. The number of sulfonamides is 1. The van der Waals surface area contributed by atoms with Gasteiger partial charge in [0, 0.05) is 21.2 Å². The molecule has 3 rings (SSSR count). The fourth-order valence-corrected chi connectivity index (χ4v) is 7.26. The number of benzene rings is 2. The first-order valence-corrected chi connectivity index (χ1v) is 15.7. The third-order valence-corrected chi connectivity index (χ3v) is 9.97. The average Bonchev–Trinajstić information content (AvgIpc) is 2.80. The minimum absolute atomic E-state index is 0.0363. The molecule has 0 fully saturated rings. The summed E-state index contributed by atoms with van der Waals surface area (Å²) in [5.74, 6) is -0.212. The predicted octanol–water partition coefficient (Wildman–Crippen LogP) is 6.51. The van der Waals surface area contributed by atoms with Crippen LogP contribution in [-0.4, -0.2) is 33.4 Å². The first-order valence-electron chi connectivity index (χ1n) is 11.0. The number of hydrogen-bond donors (Lipinski definition) is 1. The minimum Gasteiger partial charge on any atom is -0.292 e. The van der Waals surface area contributed by atoms with Crippen LogP contribution in [0.1, 0.15) is 43.6 Å². The molecule has 1 aromatic heterocycles. The number of rotatable bonds is 11. The van der Waals surface area contributed by atoms with E-state index in [0.29, 0.717) is 27.7 Å². The van der Waals surface area contributed by atoms with Gasteiger partial charge in [-0.25, -0.2) is 21.8 Å². The van der Waals surface area contributed by atoms with Crippen LogP contribution in [0.2, 0.25) is 10.0 Å². The molecule has 3 aromatic rings. The zero-order valence-corrected chi connectivity index (χ0v) is 23.5. The van der Waals surface area contributed by atoms with Crippen molar-refractivity contribution in [1.82, 2.24) is 4.98 Å². The summed E-state index contributed by atoms with van der Waals surface area (Å²) < 4.78 is 52.6. The van der Waals surface area contributed by atoms with Crippen LogP contribution in [0.4, 0.5) is 5.82 Å². The van der Waals surface area contributed by atoms with Crippen molar-refractivity contribution in [2.24, 2.45) is 0 Å². The second-order valence-corrected chi connectivity index (χ2v) is 13.5. The number of nitrogens with zero attached hydrogens (tertiary/aromatic N) is 1. The van der Waals surface area contributed by atoms with Crippen LogP contribution in [0.15, 0.2) is 74.2 Å². The van der Waals surface area contributed by atoms with Gasteiger partial charge in [0.2, 0.25) is 0 Å². The second kappa shape index (κ2) is 12.0. The first kappa shape index (κ1) is 28.5. The Morgan fingerprint density at radius 1 is 0.944 bits per heavy atom. The summed E-state index contributed by atoms with van der Waals surface area (Å²) in [5, 5.41) is 0.246. The van der Waals surface area contributed by atoms with Crippen LogP contribution in [0, 0.1) is 0 Å². The number of aromatic nitrogens is 1. The van der Waals surface area contributed by atoms with Gasteiger partial charge in [-0.2, -0.15) is 0 Å². The normalized spacial score (nSPS) is 11.9. The molecule has 0 amide bonds. The van der Waals surface area contributed by atoms with Crippen molar-refractivity contribution in [3.63, 3.8) is 0 Å². The molecule has 0 aliphatic rings. The lowest BCUT2D eigenvalue weighted by molar-refractivity contribution is 0.0974. The lowest BCUT2D eigenvalue weighted by Gasteiger charge is -2.13. The van der Waals surface area contributed by atoms with E-state index in [4.69, 9.17) is 23.2 Å². The highest BCUT2D eigenvalue weighted by Gasteiger charge is 2.21. The van der Waals surface area contributed by atoms with E-state index < -0.39 is 19.9 Å². The third-order valence-electron chi connectivity index (χ3n) is 4.91. The van der Waals surface area contributed by atoms with E-state index in [1.165, 1.54) is 48.2 Å². The quantitative estimate of drug-likeness (QED) is 0.255. The van der Waals surface area contributed by atoms with E-state index in [2.05, 4.69) is 9.71 Å². The second-order valence-electron chi connectivity index (χ2n) is 7.79. The van der Waals surface area contributed by atoms with Gasteiger partial charge >= 0.3 is 0 Å². The number of nitrogens with one attached hydrogen (secondary N) is 1. The Bertz CT molecular complexity index is 1480. The monoisotopic (exact) mass is 586 g/mol. The van der Waals surface area contributed by atoms with E-state index in [-0.39, 0.29) is 44.3 Å². The molecular weight excluding hydrogens is 563 g/mol. The van der Waals surface area contributed by atoms with Crippen molar-refractivity contribution in [3.05, 3.63) is 70.3 Å². The molecular formula is C24H24Cl2N2O5S3. The molecule has 0 saturated carbocycles. The largest absolute Gasteiger partial charge is 0.292 e. The molecule has 192 valence electrons. The number of ketones is 1. The summed E-state index contributed by atoms with van der Waals surface area (Å²) in [5.41, 5.74) is 0.118. The lowest BCUT2D eigenvalue weighted by atomic mass is 10.1. The Balaban J connectivity index is 1.92. The lowest BCUT2D eigenvalue weighted by Crippen LogP contribution is -2.16. The number of halogens is 2. The third kappa shape index (κ3) is 7.01. The molecule has 0 saturated heterocycles. The zero-order chi connectivity index (χ0) is 26.5. The summed E-state index contributed by atoms with van der Waals surface area (Å²) in [7, 11) is -7.43. The highest BCUT2D eigenvalue weighted by molar-refractivity contribution is 7.99. The van der Waals surface area contributed by atoms with Gasteiger partial charge in [-0.1, -0.05) is 48.8 Å². The summed E-state index contributed by atoms with van der Waals surface area (Å²) in [6.07, 6.45) is 1.34. The Morgan fingerprint density at radius 2 is 1.64 bits per heavy atom. The number of carbonyl (C=O) groups is 1. The number of carbonyl (C=O) groups excluding carboxylic acids is 1. The van der Waals surface area contributed by atoms with Gasteiger partial charge in [0.05, 0.1) is 15.7 Å². The van der Waals surface area contributed by atoms with Gasteiger partial charge in [0.1, 0.15) is 16.4 Å². The van der Waals surface area contributed by atoms with Gasteiger partial charge in [-0.3, -0.25) is 9.52 Å². The van der Waals surface area contributed by atoms with E-state index in [1.54, 1.807) is 25.1 Å². The number of Topliss-reactive ketones (excluding diaryl/α,β-unsaturated/α-hetero) is 1. The van der Waals surface area contributed by atoms with E-state index >= 15 is 0 Å². The van der Waals surface area contributed by atoms with Gasteiger partial charge in [0.15, 0.2) is 15.6 Å². The van der Waals surface area contributed by atoms with Crippen molar-refractivity contribution >= 4 is 66.4 Å². The fourth-order valence-electron chi connectivity index (χ4n) is 3.25. The van der Waals surface area contributed by atoms with Gasteiger partial charge in [-0.05, 0) is 67.4 Å². The van der Waals surface area contributed by atoms with Crippen molar-refractivity contribution in [2.45, 2.75) is 52.7 Å². The SMILES string of the molecule is CCCC(=O)c1nc(NS(=O)(=O)c2ccc(Cl)cc2Cl)ccc1Sc1ccc(S(=O)(=O)CCC)cc1. The smallest absolute Gasteiger partial charge is 0.264 e. The Hall–Kier alpha value is -2.11. The molecule has 0 bridgehead atoms. The molecule has 36 heavy (non-hydrogen) atoms. The molecule has 1 heterocycles. The zero-order valence-electron chi connectivity index (χ0n) is 19.5. The maximum absolute atomic E-state index is 12.9. The molecule has 0 spiro atoms. The standard InChI is InChI=1S/C24H24Cl2N2O5S3/c1-3-5-20(29)24-21(34-17-7-9-18(10-8-17)35(30,31)14-4-2)11-13-23(27-24)28-36(32,33)22-12-6-16(25)15-19(22)26/h6-13,15H,3-5,14H2,1-2H3,(H,27,28). The van der Waals surface area contributed by atoms with Crippen LogP contribution >= 0.6 is 35.0 Å². The Kier molecular flexibility index (Phi) is 9.45. The molecule has 7 nitrogen and oxygen atoms in total. The van der Waals surface area contributed by atoms with Gasteiger partial charge in [-0.15, -0.1) is 0 Å². The minimum atomic E-state index is -4.09. The number of anilines is 1. The van der Waals surface area contributed by atoms with E-state index in [9.17, 15) is 21.6 Å². The summed E-state index contributed by atoms with van der Waals surface area (Å²) in [4.78, 5) is 18.4. The number of pyridine rings is 1. The highest BCUT2D eigenvalue weighted by Crippen LogP contribution is 2.33. The van der Waals surface area contributed by atoms with Crippen LogP contribution in [-0.2, 0) is 19.9 Å². The first-order chi connectivity index (χ1) is 17.0. The molecule has 1 N–H and O–H groups in total. The molecule has 0 atom stereocenters. The molecule has 12 heteroatoms. The Morgan fingerprint density at radius 3 is 2.25 bits per heavy atom. The summed E-state index contributed by atoms with van der Waals surface area (Å²) in [6, 6.07) is 13.5. The van der Waals surface area contributed by atoms with Gasteiger partial charge < -0.3 is 0 Å². The van der Waals surface area contributed by atoms with Gasteiger partial charge in [0.25, 0.3) is 10.0 Å². The molecule has 0 radical (unpaired) electrons. The number of sulfone groups is 1. The van der Waals surface area contributed by atoms with Crippen LogP contribution in [0.5, 0.6) is 0 Å². The number of hydrogen-bond acceptors (Lipinski definition) is 7. The predicted molar refractivity (Wildman–Crippen MR) is 144 cm³/mol. The van der Waals surface area contributed by atoms with Crippen LogP contribution < -0.4 is 4.72 Å². The van der Waals surface area contributed by atoms with Crippen LogP contribution in [0.3, 0.4) is 0 Å². The van der Waals surface area contributed by atoms with Crippen molar-refractivity contribution in [1.29, 1.82) is 0 Å². The molecule has 0 unspecified atom stereocenters. The van der Waals surface area contributed by atoms with Crippen molar-refractivity contribution < 1.29 is 21.6 Å². The Labute approximate surface area is 225 Å². The van der Waals surface area contributed by atoms with Crippen LogP contribution in [0.25, 0.3) is 0 Å². The average molecular weight is 588 g/mol. The summed E-state index contributed by atoms with van der Waals surface area (Å²) in [6.45, 7) is 3.66. The molecule has 0 aliphatic carbocycles. The maximum Gasteiger partial charge on any atom is 0.264 e. The van der Waals surface area contributed by atoms with Crippen molar-refractivity contribution in [2.75, 3.05) is 10.5 Å². The molecule has 0 aliphatic heterocycles. The topological polar surface area (TPSA) is 110 Å². The van der Waals surface area contributed by atoms with E-state index in [1.807, 2.05) is 6.92 Å². The fraction of sp³-hybridized carbons (Fsp3) is 0.250. The van der Waals surface area contributed by atoms with E-state index in [0.717, 1.165) is 0 Å². The van der Waals surface area contributed by atoms with Crippen molar-refractivity contribution in [3.8, 4) is 0 Å².